The maximum atomic E-state index is 14.5. The van der Waals surface area contributed by atoms with Gasteiger partial charge in [0.05, 0.1) is 73.2 Å². The molecule has 3 amide bonds. The largest absolute Gasteiger partial charge is 0.485 e. The van der Waals surface area contributed by atoms with Gasteiger partial charge in [-0.2, -0.15) is 31.1 Å². The number of carbonyl (C=O) groups excluding carboxylic acids is 4. The summed E-state index contributed by atoms with van der Waals surface area (Å²) in [5, 5.41) is 51.4. The third-order valence-corrected chi connectivity index (χ3v) is 12.8. The maximum absolute atomic E-state index is 14.5. The molecule has 24 nitrogen and oxygen atoms in total. The summed E-state index contributed by atoms with van der Waals surface area (Å²) in [7, 11) is 3.18. The van der Waals surface area contributed by atoms with E-state index in [1.807, 2.05) is 30.3 Å². The van der Waals surface area contributed by atoms with Crippen molar-refractivity contribution in [2.45, 2.75) is 70.9 Å². The third kappa shape index (κ3) is 18.5. The number of alkyl halides is 1. The lowest BCUT2D eigenvalue weighted by molar-refractivity contribution is -0.122. The fraction of sp³-hybridized carbons (Fsp3) is 0.237. The SMILES string of the molecule is C.CCOC(=O)c1[nH]ncc1F.C[C@H]1Oc2cccnc2N(C)C(=O)[C@H]1N.C[C@H]1Oc2cccnc2N(C)C(=O)[C@H]1NC(=O)c1nn(Cc2cccc(C#N)c2)cc1F.Cl.N#Cc1cccc(CBr)c1.N#Cc1cccc(Cn2cc(F)c(C(=O)O)n2)c1. The summed E-state index contributed by atoms with van der Waals surface area (Å²) in [6, 6.07) is 32.4. The number of carbonyl (C=O) groups is 5. The Hall–Kier alpha value is -10.5. The Morgan fingerprint density at radius 2 is 1.19 bits per heavy atom. The minimum atomic E-state index is -1.41. The fourth-order valence-corrected chi connectivity index (χ4v) is 8.22. The molecule has 0 saturated carbocycles. The second kappa shape index (κ2) is 33.3. The zero-order valence-electron chi connectivity index (χ0n) is 46.8. The molecule has 4 atom stereocenters. The minimum absolute atomic E-state index is 0. The molecule has 7 heterocycles. The second-order valence-electron chi connectivity index (χ2n) is 18.3. The van der Waals surface area contributed by atoms with Crippen LogP contribution in [0.25, 0.3) is 0 Å². The number of carboxylic acids is 1. The summed E-state index contributed by atoms with van der Waals surface area (Å²) < 4.78 is 58.5. The van der Waals surface area contributed by atoms with Crippen molar-refractivity contribution in [3.63, 3.8) is 0 Å². The first-order chi connectivity index (χ1) is 41.2. The molecule has 10 rings (SSSR count). The maximum Gasteiger partial charge on any atom is 0.359 e. The van der Waals surface area contributed by atoms with Crippen molar-refractivity contribution < 1.29 is 56.5 Å². The number of nitrogens with two attached hydrogens (primary N) is 1. The van der Waals surface area contributed by atoms with Crippen molar-refractivity contribution in [1.82, 2.24) is 45.0 Å². The van der Waals surface area contributed by atoms with Crippen LogP contribution in [0.2, 0.25) is 0 Å². The molecule has 0 spiro atoms. The monoisotopic (exact) mass is 1290 g/mol. The number of H-pyrrole nitrogens is 1. The van der Waals surface area contributed by atoms with Gasteiger partial charge in [-0.1, -0.05) is 59.8 Å². The Morgan fingerprint density at radius 3 is 1.65 bits per heavy atom. The molecule has 88 heavy (non-hydrogen) atoms. The number of fused-ring (bicyclic) bond motifs is 2. The van der Waals surface area contributed by atoms with Gasteiger partial charge in [0.1, 0.15) is 24.3 Å². The van der Waals surface area contributed by atoms with Gasteiger partial charge in [-0.3, -0.25) is 38.6 Å². The first kappa shape index (κ1) is 70.0. The van der Waals surface area contributed by atoms with Gasteiger partial charge < -0.3 is 30.4 Å². The lowest BCUT2D eigenvalue weighted by Crippen LogP contribution is -2.53. The van der Waals surface area contributed by atoms with Crippen molar-refractivity contribution in [3.8, 4) is 29.7 Å². The van der Waals surface area contributed by atoms with Gasteiger partial charge in [-0.05, 0) is 98.1 Å². The summed E-state index contributed by atoms with van der Waals surface area (Å²) >= 11 is 3.31. The number of aromatic amines is 1. The zero-order valence-corrected chi connectivity index (χ0v) is 49.2. The number of rotatable bonds is 10. The molecule has 458 valence electrons. The van der Waals surface area contributed by atoms with Crippen LogP contribution in [0.5, 0.6) is 11.5 Å². The zero-order chi connectivity index (χ0) is 62.6. The van der Waals surface area contributed by atoms with Crippen LogP contribution in [0.15, 0.2) is 128 Å². The van der Waals surface area contributed by atoms with E-state index in [0.29, 0.717) is 34.3 Å². The van der Waals surface area contributed by atoms with Crippen LogP contribution < -0.4 is 30.3 Å². The highest BCUT2D eigenvalue weighted by Gasteiger charge is 2.38. The Kier molecular flexibility index (Phi) is 26.5. The first-order valence-corrected chi connectivity index (χ1v) is 26.8. The van der Waals surface area contributed by atoms with E-state index in [1.54, 1.807) is 113 Å². The van der Waals surface area contributed by atoms with Crippen LogP contribution in [0.3, 0.4) is 0 Å². The lowest BCUT2D eigenvalue weighted by atomic mass is 10.1. The molecule has 0 radical (unpaired) electrons. The summed E-state index contributed by atoms with van der Waals surface area (Å²) in [6.45, 7) is 5.66. The number of nitrogens with zero attached hydrogens (tertiary/aromatic N) is 12. The molecule has 8 aromatic rings. The number of anilines is 2. The van der Waals surface area contributed by atoms with E-state index >= 15 is 0 Å². The molecule has 2 aliphatic heterocycles. The lowest BCUT2D eigenvalue weighted by Gasteiger charge is -2.23. The molecular weight excluding hydrogens is 1240 g/mol. The van der Waals surface area contributed by atoms with Crippen LogP contribution in [0.4, 0.5) is 24.8 Å². The number of ether oxygens (including phenoxy) is 3. The minimum Gasteiger partial charge on any atom is -0.485 e. The molecule has 29 heteroatoms. The van der Waals surface area contributed by atoms with Crippen LogP contribution in [0.1, 0.15) is 93.0 Å². The molecule has 5 N–H and O–H groups in total. The van der Waals surface area contributed by atoms with Crippen molar-refractivity contribution in [2.24, 2.45) is 5.73 Å². The molecule has 0 aliphatic carbocycles. The number of aromatic carboxylic acids is 1. The topological polar surface area (TPSA) is 339 Å². The van der Waals surface area contributed by atoms with Crippen molar-refractivity contribution in [3.05, 3.63) is 196 Å². The van der Waals surface area contributed by atoms with Crippen molar-refractivity contribution in [1.29, 1.82) is 15.8 Å². The first-order valence-electron chi connectivity index (χ1n) is 25.6. The van der Waals surface area contributed by atoms with E-state index in [1.165, 1.54) is 32.4 Å². The summed E-state index contributed by atoms with van der Waals surface area (Å²) in [5.74, 6) is -4.15. The van der Waals surface area contributed by atoms with Gasteiger partial charge in [0, 0.05) is 31.8 Å². The Balaban J connectivity index is 0.000000252. The molecule has 0 fully saturated rings. The number of aromatic nitrogens is 8. The number of hydrogen-bond donors (Lipinski definition) is 4. The molecule has 5 aromatic heterocycles. The average molecular weight is 1290 g/mol. The van der Waals surface area contributed by atoms with Crippen LogP contribution >= 0.6 is 28.3 Å². The van der Waals surface area contributed by atoms with E-state index < -0.39 is 70.8 Å². The number of carboxylic acid groups (broad SMARTS) is 1. The smallest absolute Gasteiger partial charge is 0.359 e. The average Bonchev–Trinajstić information content (AvgIpc) is 4.43. The highest BCUT2D eigenvalue weighted by molar-refractivity contribution is 9.08. The summed E-state index contributed by atoms with van der Waals surface area (Å²) in [6.07, 6.45) is 5.12. The molecule has 0 saturated heterocycles. The molecule has 0 bridgehead atoms. The number of nitrogens with one attached hydrogen (secondary N) is 2. The van der Waals surface area contributed by atoms with Crippen LogP contribution in [-0.2, 0) is 32.7 Å². The van der Waals surface area contributed by atoms with E-state index in [-0.39, 0.29) is 57.2 Å². The third-order valence-electron chi connectivity index (χ3n) is 12.2. The second-order valence-corrected chi connectivity index (χ2v) is 18.9. The number of benzene rings is 3. The quantitative estimate of drug-likeness (QED) is 0.0746. The predicted octanol–water partition coefficient (Wildman–Crippen LogP) is 7.91. The summed E-state index contributed by atoms with van der Waals surface area (Å²) in [5.41, 5.74) is 8.75. The van der Waals surface area contributed by atoms with E-state index in [9.17, 15) is 37.1 Å². The van der Waals surface area contributed by atoms with E-state index in [4.69, 9.17) is 36.1 Å². The number of halogens is 5. The van der Waals surface area contributed by atoms with Gasteiger partial charge >= 0.3 is 11.9 Å². The van der Waals surface area contributed by atoms with Gasteiger partial charge in [-0.15, -0.1) is 12.4 Å². The Morgan fingerprint density at radius 1 is 0.727 bits per heavy atom. The number of pyridine rings is 2. The molecular formula is C59H58BrClF3N15O9. The van der Waals surface area contributed by atoms with Crippen molar-refractivity contribution >= 4 is 69.6 Å². The highest BCUT2D eigenvalue weighted by atomic mass is 79.9. The Labute approximate surface area is 517 Å². The number of amides is 3. The number of nitriles is 3. The Bertz CT molecular complexity index is 3860. The molecule has 3 aromatic carbocycles. The van der Waals surface area contributed by atoms with Crippen LogP contribution in [0, 0.1) is 51.4 Å². The van der Waals surface area contributed by atoms with Gasteiger partial charge in [0.2, 0.25) is 11.6 Å². The van der Waals surface area contributed by atoms with E-state index in [0.717, 1.165) is 46.2 Å². The highest BCUT2D eigenvalue weighted by Crippen LogP contribution is 2.31. The van der Waals surface area contributed by atoms with Crippen LogP contribution in [-0.4, -0.2) is 119 Å². The van der Waals surface area contributed by atoms with E-state index in [2.05, 4.69) is 62.4 Å². The number of likely N-dealkylation sites (N-methyl/N-ethyl adjacent to an activating group) is 2. The molecule has 0 unspecified atom stereocenters. The number of hydrogen-bond acceptors (Lipinski definition) is 17. The van der Waals surface area contributed by atoms with Gasteiger partial charge in [-0.25, -0.2) is 32.7 Å². The van der Waals surface area contributed by atoms with Gasteiger partial charge in [0.25, 0.3) is 11.8 Å². The summed E-state index contributed by atoms with van der Waals surface area (Å²) in [4.78, 5) is 69.9. The fourth-order valence-electron chi connectivity index (χ4n) is 7.87. The normalized spacial score (nSPS) is 15.0. The van der Waals surface area contributed by atoms with Gasteiger partial charge in [0.15, 0.2) is 52.0 Å². The molecule has 2 aliphatic rings. The standard InChI is InChI=1S/C22H19FN6O3.C12H8FN3O2.C10H13N3O2.C8H6BrN.C6H7FN2O2.CH4.ClH/c1-13-18(22(31)28(2)20-17(32-13)7-4-8-25-20)26-21(30)19-16(23)12-29(27-19)11-15-6-3-5-14(9-15)10-24;13-10-7-16(15-11(10)12(17)18)6-9-3-1-2-8(4-9)5-14;1-6-8(11)10(14)13(2)9-7(15-6)4-3-5-12-9;9-5-7-2-1-3-8(4-7)6-10;1-2-11-6(10)5-4(7)3-8-9-5;;/h3-9,12-13,18H,11H2,1-2H3,(H,26,30);1-4,7H,6H2,(H,17,18);3-6,8H,11H2,1-2H3;1-4H,5H2;3H,2H2,1H3,(H,8,9);1H4;1H/t13-,18+;;6-,8+;;;;/m1.1..../s1. The number of esters is 1. The van der Waals surface area contributed by atoms with Crippen molar-refractivity contribution in [2.75, 3.05) is 30.5 Å². The predicted molar refractivity (Wildman–Crippen MR) is 319 cm³/mol.